The molecule has 2 aromatic carbocycles. The first-order valence-electron chi connectivity index (χ1n) is 9.86. The Labute approximate surface area is 175 Å². The molecular formula is C23H25NO6. The summed E-state index contributed by atoms with van der Waals surface area (Å²) in [6.07, 6.45) is 3.49. The first-order valence-corrected chi connectivity index (χ1v) is 9.86. The molecule has 7 heteroatoms. The van der Waals surface area contributed by atoms with Gasteiger partial charge in [0.15, 0.2) is 13.2 Å². The zero-order chi connectivity index (χ0) is 21.3. The second-order valence-electron chi connectivity index (χ2n) is 7.07. The Kier molecular flexibility index (Phi) is 7.43. The van der Waals surface area contributed by atoms with Crippen LogP contribution in [0.5, 0.6) is 5.75 Å². The lowest BCUT2D eigenvalue weighted by Gasteiger charge is -2.16. The summed E-state index contributed by atoms with van der Waals surface area (Å²) in [5, 5.41) is 2.54. The second kappa shape index (κ2) is 10.4. The van der Waals surface area contributed by atoms with Crippen LogP contribution < -0.4 is 10.1 Å². The van der Waals surface area contributed by atoms with Crippen molar-refractivity contribution < 1.29 is 28.6 Å². The predicted octanol–water partition coefficient (Wildman–Crippen LogP) is 2.00. The van der Waals surface area contributed by atoms with Gasteiger partial charge < -0.3 is 19.5 Å². The standard InChI is InChI=1S/C23H25NO6/c1-28-23(27)20(12-16-6-3-2-4-7-16)24-21(25)14-30-22(26)15-29-19-11-10-17-8-5-9-18(17)13-19/h2-4,6-7,10-11,13,20H,5,8-9,12,14-15H2,1H3,(H,24,25). The number of aryl methyl sites for hydroxylation is 2. The van der Waals surface area contributed by atoms with Gasteiger partial charge in [-0.15, -0.1) is 0 Å². The molecule has 0 fully saturated rings. The minimum Gasteiger partial charge on any atom is -0.482 e. The zero-order valence-corrected chi connectivity index (χ0v) is 16.9. The van der Waals surface area contributed by atoms with Gasteiger partial charge in [-0.1, -0.05) is 36.4 Å². The normalized spacial score (nSPS) is 13.1. The van der Waals surface area contributed by atoms with E-state index < -0.39 is 30.5 Å². The van der Waals surface area contributed by atoms with Gasteiger partial charge in [0.1, 0.15) is 11.8 Å². The summed E-state index contributed by atoms with van der Waals surface area (Å²) >= 11 is 0. The van der Waals surface area contributed by atoms with Crippen LogP contribution >= 0.6 is 0 Å². The van der Waals surface area contributed by atoms with Crippen molar-refractivity contribution in [2.45, 2.75) is 31.7 Å². The maximum atomic E-state index is 12.1. The van der Waals surface area contributed by atoms with Crippen LogP contribution in [0.2, 0.25) is 0 Å². The van der Waals surface area contributed by atoms with Gasteiger partial charge >= 0.3 is 11.9 Å². The summed E-state index contributed by atoms with van der Waals surface area (Å²) in [5.41, 5.74) is 3.43. The number of amides is 1. The third-order valence-corrected chi connectivity index (χ3v) is 4.89. The van der Waals surface area contributed by atoms with Gasteiger partial charge in [-0.25, -0.2) is 9.59 Å². The lowest BCUT2D eigenvalue weighted by Crippen LogP contribution is -2.44. The fourth-order valence-corrected chi connectivity index (χ4v) is 3.39. The fraction of sp³-hybridized carbons (Fsp3) is 0.348. The maximum absolute atomic E-state index is 12.1. The molecule has 1 aliphatic carbocycles. The number of fused-ring (bicyclic) bond motifs is 1. The van der Waals surface area contributed by atoms with Crippen LogP contribution in [0, 0.1) is 0 Å². The van der Waals surface area contributed by atoms with Crippen LogP contribution in [-0.2, 0) is 43.1 Å². The molecule has 0 heterocycles. The number of rotatable bonds is 9. The number of carbonyl (C=O) groups is 3. The molecule has 2 aromatic rings. The average molecular weight is 411 g/mol. The van der Waals surface area contributed by atoms with Gasteiger partial charge in [0.05, 0.1) is 7.11 Å². The average Bonchev–Trinajstić information content (AvgIpc) is 3.24. The topological polar surface area (TPSA) is 90.9 Å². The number of ether oxygens (including phenoxy) is 3. The third kappa shape index (κ3) is 6.07. The number of carbonyl (C=O) groups excluding carboxylic acids is 3. The van der Waals surface area contributed by atoms with Crippen molar-refractivity contribution in [2.75, 3.05) is 20.3 Å². The molecule has 7 nitrogen and oxygen atoms in total. The van der Waals surface area contributed by atoms with E-state index in [0.717, 1.165) is 24.8 Å². The van der Waals surface area contributed by atoms with Crippen molar-refractivity contribution in [3.05, 3.63) is 65.2 Å². The largest absolute Gasteiger partial charge is 0.482 e. The molecule has 0 saturated heterocycles. The minimum absolute atomic E-state index is 0.272. The summed E-state index contributed by atoms with van der Waals surface area (Å²) in [5.74, 6) is -1.22. The number of hydrogen-bond acceptors (Lipinski definition) is 6. The summed E-state index contributed by atoms with van der Waals surface area (Å²) in [6.45, 7) is -0.800. The Bertz CT molecular complexity index is 896. The Hall–Kier alpha value is -3.35. The van der Waals surface area contributed by atoms with E-state index in [2.05, 4.69) is 5.32 Å². The lowest BCUT2D eigenvalue weighted by molar-refractivity contribution is -0.151. The lowest BCUT2D eigenvalue weighted by atomic mass is 10.1. The van der Waals surface area contributed by atoms with Gasteiger partial charge in [-0.2, -0.15) is 0 Å². The fourth-order valence-electron chi connectivity index (χ4n) is 3.39. The molecule has 1 aliphatic rings. The molecule has 0 aliphatic heterocycles. The van der Waals surface area contributed by atoms with Crippen LogP contribution in [0.3, 0.4) is 0 Å². The first-order chi connectivity index (χ1) is 14.5. The summed E-state index contributed by atoms with van der Waals surface area (Å²) in [7, 11) is 1.25. The van der Waals surface area contributed by atoms with Crippen LogP contribution in [0.4, 0.5) is 0 Å². The van der Waals surface area contributed by atoms with E-state index in [1.807, 2.05) is 48.5 Å². The Morgan fingerprint density at radius 2 is 1.77 bits per heavy atom. The van der Waals surface area contributed by atoms with Crippen LogP contribution in [0.25, 0.3) is 0 Å². The molecule has 0 aromatic heterocycles. The van der Waals surface area contributed by atoms with E-state index in [-0.39, 0.29) is 13.0 Å². The van der Waals surface area contributed by atoms with Crippen LogP contribution in [0.15, 0.2) is 48.5 Å². The van der Waals surface area contributed by atoms with Crippen molar-refractivity contribution in [3.8, 4) is 5.75 Å². The van der Waals surface area contributed by atoms with Crippen LogP contribution in [0.1, 0.15) is 23.1 Å². The highest BCUT2D eigenvalue weighted by atomic mass is 16.6. The number of methoxy groups -OCH3 is 1. The maximum Gasteiger partial charge on any atom is 0.344 e. The molecule has 1 unspecified atom stereocenters. The van der Waals surface area contributed by atoms with E-state index in [1.54, 1.807) is 0 Å². The van der Waals surface area contributed by atoms with Gasteiger partial charge in [-0.05, 0) is 48.1 Å². The molecule has 30 heavy (non-hydrogen) atoms. The molecule has 1 N–H and O–H groups in total. The van der Waals surface area contributed by atoms with Gasteiger partial charge in [-0.3, -0.25) is 4.79 Å². The number of hydrogen-bond donors (Lipinski definition) is 1. The molecule has 0 radical (unpaired) electrons. The van der Waals surface area contributed by atoms with Crippen molar-refractivity contribution >= 4 is 17.8 Å². The molecule has 3 rings (SSSR count). The van der Waals surface area contributed by atoms with Gasteiger partial charge in [0, 0.05) is 6.42 Å². The van der Waals surface area contributed by atoms with Crippen molar-refractivity contribution in [2.24, 2.45) is 0 Å². The quantitative estimate of drug-likeness (QED) is 0.635. The van der Waals surface area contributed by atoms with E-state index in [4.69, 9.17) is 14.2 Å². The Morgan fingerprint density at radius 1 is 1.00 bits per heavy atom. The Balaban J connectivity index is 1.44. The number of nitrogens with one attached hydrogen (secondary N) is 1. The van der Waals surface area contributed by atoms with Crippen LogP contribution in [-0.4, -0.2) is 44.2 Å². The van der Waals surface area contributed by atoms with E-state index in [0.29, 0.717) is 5.75 Å². The van der Waals surface area contributed by atoms with E-state index in [9.17, 15) is 14.4 Å². The third-order valence-electron chi connectivity index (χ3n) is 4.89. The summed E-state index contributed by atoms with van der Waals surface area (Å²) in [4.78, 5) is 36.0. The molecule has 1 amide bonds. The van der Waals surface area contributed by atoms with Crippen molar-refractivity contribution in [1.82, 2.24) is 5.32 Å². The second-order valence-corrected chi connectivity index (χ2v) is 7.07. The van der Waals surface area contributed by atoms with E-state index >= 15 is 0 Å². The highest BCUT2D eigenvalue weighted by Crippen LogP contribution is 2.25. The van der Waals surface area contributed by atoms with Crippen molar-refractivity contribution in [1.29, 1.82) is 0 Å². The van der Waals surface area contributed by atoms with E-state index in [1.165, 1.54) is 18.2 Å². The summed E-state index contributed by atoms with van der Waals surface area (Å²) < 4.78 is 15.2. The van der Waals surface area contributed by atoms with Gasteiger partial charge in [0.2, 0.25) is 0 Å². The smallest absolute Gasteiger partial charge is 0.344 e. The van der Waals surface area contributed by atoms with Crippen molar-refractivity contribution in [3.63, 3.8) is 0 Å². The molecule has 0 spiro atoms. The molecule has 0 bridgehead atoms. The highest BCUT2D eigenvalue weighted by molar-refractivity contribution is 5.86. The SMILES string of the molecule is COC(=O)C(Cc1ccccc1)NC(=O)COC(=O)COc1ccc2c(c1)CCC2. The molecule has 1 atom stereocenters. The summed E-state index contributed by atoms with van der Waals surface area (Å²) in [6, 6.07) is 14.1. The molecular weight excluding hydrogens is 386 g/mol. The Morgan fingerprint density at radius 3 is 2.53 bits per heavy atom. The minimum atomic E-state index is -0.869. The number of benzene rings is 2. The number of esters is 2. The van der Waals surface area contributed by atoms with Gasteiger partial charge in [0.25, 0.3) is 5.91 Å². The molecule has 158 valence electrons. The predicted molar refractivity (Wildman–Crippen MR) is 109 cm³/mol. The molecule has 0 saturated carbocycles. The monoisotopic (exact) mass is 411 g/mol. The highest BCUT2D eigenvalue weighted by Gasteiger charge is 2.22. The zero-order valence-electron chi connectivity index (χ0n) is 16.9. The first kappa shape index (κ1) is 21.4.